The number of carbonyl (C=O) groups is 2. The SMILES string of the molecule is C[Si](C)(C)c1cc2ccccc2c2c1op(OC1C(=O)N(Cc3ccccc3)C(=O)C1Op1oc3c([Si](C)(C)C)cc4ccccc4c3c3c(o1)c([Si](C)(C)C)cc1ccccc13)oc1c([Si](C)(C)C)cc3ccccc3c12. The van der Waals surface area contributed by atoms with Gasteiger partial charge in [0.15, 0.2) is 12.2 Å². The van der Waals surface area contributed by atoms with E-state index in [-0.39, 0.29) is 6.54 Å². The van der Waals surface area contributed by atoms with Crippen LogP contribution in [-0.4, -0.2) is 61.2 Å². The van der Waals surface area contributed by atoms with Crippen molar-refractivity contribution in [3.05, 3.63) is 157 Å². The molecule has 396 valence electrons. The molecule has 1 aliphatic heterocycles. The zero-order valence-electron chi connectivity index (χ0n) is 46.4. The highest BCUT2D eigenvalue weighted by Crippen LogP contribution is 2.45. The number of fused-ring (bicyclic) bond motifs is 14. The first-order valence-corrected chi connectivity index (χ1v) is 43.0. The van der Waals surface area contributed by atoms with E-state index in [9.17, 15) is 0 Å². The van der Waals surface area contributed by atoms with Gasteiger partial charge in [-0.05, 0) is 69.4 Å². The summed E-state index contributed by atoms with van der Waals surface area (Å²) >= 11 is 0. The summed E-state index contributed by atoms with van der Waals surface area (Å²) in [5.41, 5.74) is 3.49. The number of rotatable bonds is 10. The van der Waals surface area contributed by atoms with Gasteiger partial charge < -0.3 is 16.8 Å². The van der Waals surface area contributed by atoms with E-state index in [1.54, 1.807) is 0 Å². The van der Waals surface area contributed by atoms with E-state index in [1.165, 1.54) is 4.90 Å². The number of nitrogens with zero attached hydrogens (tertiary/aromatic N) is 1. The number of benzene rings is 9. The van der Waals surface area contributed by atoms with Gasteiger partial charge in [0.25, 0.3) is 11.8 Å². The smallest absolute Gasteiger partial charge is 0.388 e. The van der Waals surface area contributed by atoms with Crippen molar-refractivity contribution in [2.45, 2.75) is 97.3 Å². The Hall–Kier alpha value is -6.25. The molecule has 0 bridgehead atoms. The fraction of sp³-hybridized carbons (Fsp3) is 0.238. The fourth-order valence-electron chi connectivity index (χ4n) is 11.3. The second-order valence-corrected chi connectivity index (χ2v) is 47.2. The van der Waals surface area contributed by atoms with Gasteiger partial charge >= 0.3 is 16.5 Å². The second kappa shape index (κ2) is 19.2. The molecular weight excluding hydrogens is 1070 g/mol. The number of likely N-dealkylation sites (tertiary alicyclic amines) is 1. The lowest BCUT2D eigenvalue weighted by Gasteiger charge is -2.20. The van der Waals surface area contributed by atoms with Crippen LogP contribution in [0.25, 0.3) is 87.0 Å². The molecule has 78 heavy (non-hydrogen) atoms. The van der Waals surface area contributed by atoms with E-state index in [0.29, 0.717) is 22.3 Å². The molecule has 1 saturated heterocycles. The predicted molar refractivity (Wildman–Crippen MR) is 337 cm³/mol. The molecule has 0 saturated carbocycles. The standard InChI is InChI=1S/C63H65NO8P2Si4/c1-75(2,3)48-34-40-26-16-20-30-44(40)52-53-45-31-21-17-27-41(45)35-49(76(4,5)6)57(53)68-73(67-56(48)52)71-60-61(63(66)64(62(60)65)38-39-24-14-13-15-25-39)72-74-69-58-50(77(7,8)9)36-42-28-18-22-32-46(42)54(58)55-47-33-23-19-29-43(47)37-51(59(55)70-74)78(10,11)12/h13-37,60-61H,38H2,1-12H3. The number of amides is 2. The van der Waals surface area contributed by atoms with Crippen LogP contribution >= 0.6 is 16.5 Å². The molecule has 0 N–H and O–H groups in total. The maximum Gasteiger partial charge on any atom is 0.388 e. The maximum atomic E-state index is 15.5. The third-order valence-corrected chi connectivity index (χ3v) is 25.4. The van der Waals surface area contributed by atoms with Crippen LogP contribution in [0, 0.1) is 0 Å². The summed E-state index contributed by atoms with van der Waals surface area (Å²) in [6.07, 6.45) is -3.02. The number of hydrogen-bond acceptors (Lipinski definition) is 8. The average molecular weight is 1140 g/mol. The minimum Gasteiger partial charge on any atom is -0.399 e. The Balaban J connectivity index is 1.16. The molecule has 0 spiro atoms. The van der Waals surface area contributed by atoms with Crippen molar-refractivity contribution >= 4 is 168 Å². The van der Waals surface area contributed by atoms with Crippen LogP contribution in [0.1, 0.15) is 5.56 Å². The molecule has 2 unspecified atom stereocenters. The summed E-state index contributed by atoms with van der Waals surface area (Å²) in [7, 11) is -13.8. The average Bonchev–Trinajstić information content (AvgIpc) is 3.59. The molecule has 1 aliphatic rings. The van der Waals surface area contributed by atoms with Crippen LogP contribution in [0.15, 0.2) is 168 Å². The van der Waals surface area contributed by atoms with Crippen LogP contribution in [0.3, 0.4) is 0 Å². The van der Waals surface area contributed by atoms with Gasteiger partial charge in [0.1, 0.15) is 22.3 Å². The summed E-state index contributed by atoms with van der Waals surface area (Å²) < 4.78 is 43.7. The van der Waals surface area contributed by atoms with Crippen molar-refractivity contribution in [3.8, 4) is 0 Å². The first-order valence-electron chi connectivity index (χ1n) is 26.8. The molecule has 2 aromatic heterocycles. The van der Waals surface area contributed by atoms with E-state index in [0.717, 1.165) is 90.9 Å². The van der Waals surface area contributed by atoms with E-state index < -0.39 is 72.8 Å². The third kappa shape index (κ3) is 9.16. The molecule has 2 atom stereocenters. The fourth-order valence-corrected chi connectivity index (χ4v) is 19.8. The lowest BCUT2D eigenvalue weighted by Crippen LogP contribution is -2.38. The van der Waals surface area contributed by atoms with Crippen LogP contribution in [0.4, 0.5) is 0 Å². The predicted octanol–water partition coefficient (Wildman–Crippen LogP) is 15.6. The zero-order chi connectivity index (χ0) is 54.8. The highest BCUT2D eigenvalue weighted by Gasteiger charge is 2.52. The summed E-state index contributed by atoms with van der Waals surface area (Å²) in [5.74, 6) is -1.12. The van der Waals surface area contributed by atoms with Gasteiger partial charge in [-0.15, -0.1) is 0 Å². The summed E-state index contributed by atoms with van der Waals surface area (Å²) in [6, 6.07) is 52.5. The highest BCUT2D eigenvalue weighted by molar-refractivity contribution is 7.32. The molecule has 0 aliphatic carbocycles. The van der Waals surface area contributed by atoms with Gasteiger partial charge in [0, 0.05) is 21.5 Å². The van der Waals surface area contributed by atoms with Gasteiger partial charge in [-0.2, -0.15) is 0 Å². The molecule has 0 radical (unpaired) electrons. The summed E-state index contributed by atoms with van der Waals surface area (Å²) in [4.78, 5) is 32.3. The molecule has 15 heteroatoms. The van der Waals surface area contributed by atoms with Gasteiger partial charge in [-0.3, -0.25) is 23.5 Å². The van der Waals surface area contributed by atoms with Crippen molar-refractivity contribution in [2.75, 3.05) is 0 Å². The third-order valence-electron chi connectivity index (χ3n) is 15.3. The van der Waals surface area contributed by atoms with E-state index in [4.69, 9.17) is 25.8 Å². The minimum absolute atomic E-state index is 0.00386. The molecule has 2 amide bonds. The van der Waals surface area contributed by atoms with Gasteiger partial charge in [-0.1, -0.05) is 230 Å². The summed E-state index contributed by atoms with van der Waals surface area (Å²) in [5, 5.41) is 16.6. The van der Waals surface area contributed by atoms with Crippen molar-refractivity contribution < 1.29 is 35.4 Å². The lowest BCUT2D eigenvalue weighted by molar-refractivity contribution is -0.141. The Bertz CT molecular complexity index is 3890. The zero-order valence-corrected chi connectivity index (χ0v) is 52.2. The molecule has 1 fully saturated rings. The minimum atomic E-state index is -2.46. The topological polar surface area (TPSA) is 108 Å². The van der Waals surface area contributed by atoms with Crippen molar-refractivity contribution in [1.29, 1.82) is 0 Å². The Morgan fingerprint density at radius 3 is 0.910 bits per heavy atom. The van der Waals surface area contributed by atoms with Crippen LogP contribution < -0.4 is 29.8 Å². The number of hydrogen-bond donors (Lipinski definition) is 0. The van der Waals surface area contributed by atoms with E-state index in [1.807, 2.05) is 30.3 Å². The molecular formula is C63H65NO8P2Si4. The van der Waals surface area contributed by atoms with Crippen molar-refractivity contribution in [3.63, 3.8) is 0 Å². The van der Waals surface area contributed by atoms with Crippen LogP contribution in [-0.2, 0) is 16.1 Å². The molecule has 3 heterocycles. The van der Waals surface area contributed by atoms with Gasteiger partial charge in [0.05, 0.1) is 38.8 Å². The quantitative estimate of drug-likeness (QED) is 0.0984. The Kier molecular flexibility index (Phi) is 12.9. The first-order chi connectivity index (χ1) is 37.0. The lowest BCUT2D eigenvalue weighted by atomic mass is 9.98. The molecule has 11 aromatic rings. The van der Waals surface area contributed by atoms with Crippen molar-refractivity contribution in [1.82, 2.24) is 4.90 Å². The Morgan fingerprint density at radius 1 is 0.385 bits per heavy atom. The summed E-state index contributed by atoms with van der Waals surface area (Å²) in [6.45, 7) is 27.8. The Labute approximate surface area is 460 Å². The number of imide groups is 1. The van der Waals surface area contributed by atoms with Crippen LogP contribution in [0.5, 0.6) is 0 Å². The number of carbonyl (C=O) groups excluding carboxylic acids is 2. The van der Waals surface area contributed by atoms with Crippen molar-refractivity contribution in [2.24, 2.45) is 0 Å². The molecule has 12 rings (SSSR count). The van der Waals surface area contributed by atoms with Crippen LogP contribution in [0.2, 0.25) is 78.6 Å². The first kappa shape index (κ1) is 52.4. The molecule has 9 aromatic carbocycles. The monoisotopic (exact) mass is 1140 g/mol. The maximum absolute atomic E-state index is 15.5. The van der Waals surface area contributed by atoms with E-state index >= 15 is 9.59 Å². The van der Waals surface area contributed by atoms with Gasteiger partial charge in [0.2, 0.25) is 0 Å². The van der Waals surface area contributed by atoms with E-state index in [2.05, 4.69) is 200 Å². The van der Waals surface area contributed by atoms with Gasteiger partial charge in [-0.25, -0.2) is 0 Å². The highest BCUT2D eigenvalue weighted by atomic mass is 31.1. The largest absolute Gasteiger partial charge is 0.399 e. The second-order valence-electron chi connectivity index (χ2n) is 25.0. The normalized spacial score (nSPS) is 15.9. The molecule has 9 nitrogen and oxygen atoms in total. The Morgan fingerprint density at radius 2 is 0.641 bits per heavy atom.